The van der Waals surface area contributed by atoms with Gasteiger partial charge in [0, 0.05) is 61.0 Å². The van der Waals surface area contributed by atoms with Crippen molar-refractivity contribution in [2.45, 2.75) is 12.1 Å². The zero-order valence-corrected chi connectivity index (χ0v) is 30.9. The Morgan fingerprint density at radius 3 is 1.73 bits per heavy atom. The first-order valence-electron chi connectivity index (χ1n) is 17.6. The van der Waals surface area contributed by atoms with Crippen LogP contribution in [0.15, 0.2) is 108 Å². The Morgan fingerprint density at radius 2 is 1.15 bits per heavy atom. The maximum Gasteiger partial charge on any atom is 0.274 e. The maximum absolute atomic E-state index is 14.3. The third-order valence-electron chi connectivity index (χ3n) is 9.39. The van der Waals surface area contributed by atoms with Crippen LogP contribution < -0.4 is 15.4 Å². The highest BCUT2D eigenvalue weighted by Crippen LogP contribution is 2.39. The number of methoxy groups -OCH3 is 1. The summed E-state index contributed by atoms with van der Waals surface area (Å²) in [6.07, 6.45) is 0. The summed E-state index contributed by atoms with van der Waals surface area (Å²) in [5, 5.41) is 14.6. The van der Waals surface area contributed by atoms with Gasteiger partial charge in [0.05, 0.1) is 51.8 Å². The highest BCUT2D eigenvalue weighted by Gasteiger charge is 2.34. The predicted molar refractivity (Wildman–Crippen MR) is 208 cm³/mol. The number of hydrogen-bond donors (Lipinski definition) is 1. The van der Waals surface area contributed by atoms with Crippen molar-refractivity contribution in [2.24, 2.45) is 0 Å². The molecule has 0 amide bonds. The van der Waals surface area contributed by atoms with Crippen LogP contribution in [0.1, 0.15) is 16.7 Å². The molecule has 0 unspecified atom stereocenters. The van der Waals surface area contributed by atoms with Crippen molar-refractivity contribution in [3.63, 3.8) is 0 Å². The number of pyridine rings is 1. The summed E-state index contributed by atoms with van der Waals surface area (Å²) in [5.41, 5.74) is 2.90. The number of aromatic nitrogens is 1. The Hall–Kier alpha value is -3.93. The molecule has 4 aromatic carbocycles. The van der Waals surface area contributed by atoms with Crippen LogP contribution in [0.5, 0.6) is 0 Å². The summed E-state index contributed by atoms with van der Waals surface area (Å²) in [4.78, 5) is 18.8. The predicted octanol–water partition coefficient (Wildman–Crippen LogP) is 6.62. The lowest BCUT2D eigenvalue weighted by molar-refractivity contribution is 0.00277. The summed E-state index contributed by atoms with van der Waals surface area (Å²) in [6.45, 7) is 6.50. The van der Waals surface area contributed by atoms with Crippen molar-refractivity contribution in [1.82, 2.24) is 4.57 Å². The van der Waals surface area contributed by atoms with Gasteiger partial charge in [-0.1, -0.05) is 71.7 Å². The number of rotatable bonds is 17. The molecule has 0 atom stereocenters. The quantitative estimate of drug-likeness (QED) is 0.0841. The second kappa shape index (κ2) is 18.2. The van der Waals surface area contributed by atoms with Crippen LogP contribution in [0, 0.1) is 0 Å². The minimum atomic E-state index is -1.52. The van der Waals surface area contributed by atoms with Crippen LogP contribution in [-0.2, 0) is 31.1 Å². The summed E-state index contributed by atoms with van der Waals surface area (Å²) < 4.78 is 23.7. The lowest BCUT2D eigenvalue weighted by Gasteiger charge is -2.37. The number of ether oxygens (including phenoxy) is 4. The first kappa shape index (κ1) is 37.8. The van der Waals surface area contributed by atoms with Gasteiger partial charge >= 0.3 is 0 Å². The average molecular weight is 747 g/mol. The number of benzene rings is 4. The minimum absolute atomic E-state index is 0.0767. The number of aliphatic hydroxyl groups is 1. The van der Waals surface area contributed by atoms with E-state index in [-0.39, 0.29) is 5.56 Å². The summed E-state index contributed by atoms with van der Waals surface area (Å²) in [6, 6.07) is 32.5. The topological polar surface area (TPSA) is 85.6 Å². The van der Waals surface area contributed by atoms with Gasteiger partial charge in [0.15, 0.2) is 0 Å². The lowest BCUT2D eigenvalue weighted by Crippen LogP contribution is -2.48. The van der Waals surface area contributed by atoms with Gasteiger partial charge in [-0.05, 0) is 71.3 Å². The molecule has 6 rings (SSSR count). The van der Waals surface area contributed by atoms with Gasteiger partial charge in [0.1, 0.15) is 11.3 Å². The van der Waals surface area contributed by atoms with Crippen LogP contribution in [0.4, 0.5) is 11.4 Å². The van der Waals surface area contributed by atoms with Crippen LogP contribution in [0.2, 0.25) is 10.0 Å². The Kier molecular flexibility index (Phi) is 13.2. The van der Waals surface area contributed by atoms with Gasteiger partial charge in [0.2, 0.25) is 0 Å². The number of nitrogens with zero attached hydrogens (tertiary/aromatic N) is 3. The largest absolute Gasteiger partial charge is 0.382 e. The fraction of sp³-hybridized carbons (Fsp3) is 0.341. The number of hydrogen-bond acceptors (Lipinski definition) is 8. The summed E-state index contributed by atoms with van der Waals surface area (Å²) in [7, 11) is 1.64. The third-order valence-corrected chi connectivity index (χ3v) is 9.90. The number of anilines is 2. The highest BCUT2D eigenvalue weighted by molar-refractivity contribution is 6.30. The summed E-state index contributed by atoms with van der Waals surface area (Å²) >= 11 is 12.5. The van der Waals surface area contributed by atoms with E-state index in [1.807, 2.05) is 66.7 Å². The number of fused-ring (bicyclic) bond motifs is 1. The molecular weight excluding hydrogens is 701 g/mol. The zero-order valence-electron chi connectivity index (χ0n) is 29.4. The first-order chi connectivity index (χ1) is 25.4. The molecule has 1 saturated heterocycles. The van der Waals surface area contributed by atoms with E-state index in [2.05, 4.69) is 21.9 Å². The maximum atomic E-state index is 14.3. The van der Waals surface area contributed by atoms with Gasteiger partial charge in [-0.15, -0.1) is 0 Å². The molecule has 9 nitrogen and oxygen atoms in total. The monoisotopic (exact) mass is 745 g/mol. The minimum Gasteiger partial charge on any atom is -0.382 e. The van der Waals surface area contributed by atoms with Crippen molar-refractivity contribution in [2.75, 3.05) is 89.3 Å². The van der Waals surface area contributed by atoms with E-state index in [0.29, 0.717) is 98.3 Å². The molecule has 52 heavy (non-hydrogen) atoms. The lowest BCUT2D eigenvalue weighted by atomic mass is 9.80. The van der Waals surface area contributed by atoms with Crippen LogP contribution in [-0.4, -0.2) is 89.2 Å². The molecule has 274 valence electrons. The van der Waals surface area contributed by atoms with E-state index in [1.165, 1.54) is 5.69 Å². The van der Waals surface area contributed by atoms with E-state index in [1.54, 1.807) is 35.9 Å². The van der Waals surface area contributed by atoms with Crippen molar-refractivity contribution in [3.8, 4) is 0 Å². The second-order valence-electron chi connectivity index (χ2n) is 12.6. The smallest absolute Gasteiger partial charge is 0.274 e. The van der Waals surface area contributed by atoms with Crippen molar-refractivity contribution < 1.29 is 24.1 Å². The Morgan fingerprint density at radius 1 is 0.635 bits per heavy atom. The molecule has 1 aliphatic rings. The zero-order chi connectivity index (χ0) is 36.3. The molecule has 5 aromatic rings. The summed E-state index contributed by atoms with van der Waals surface area (Å²) in [5.74, 6) is 0. The van der Waals surface area contributed by atoms with E-state index in [9.17, 15) is 9.90 Å². The molecule has 11 heteroatoms. The molecule has 1 fully saturated rings. The molecule has 0 bridgehead atoms. The van der Waals surface area contributed by atoms with E-state index in [0.717, 1.165) is 24.0 Å². The molecule has 1 aliphatic heterocycles. The molecular formula is C41H45Cl2N3O6. The molecule has 0 saturated carbocycles. The average Bonchev–Trinajstić information content (AvgIpc) is 3.18. The first-order valence-corrected chi connectivity index (χ1v) is 18.3. The molecule has 1 aromatic heterocycles. The number of piperazine rings is 1. The van der Waals surface area contributed by atoms with Gasteiger partial charge in [0.25, 0.3) is 5.56 Å². The van der Waals surface area contributed by atoms with Crippen molar-refractivity contribution in [3.05, 3.63) is 140 Å². The van der Waals surface area contributed by atoms with E-state index >= 15 is 0 Å². The molecule has 0 aliphatic carbocycles. The van der Waals surface area contributed by atoms with Crippen molar-refractivity contribution in [1.29, 1.82) is 0 Å². The second-order valence-corrected chi connectivity index (χ2v) is 13.5. The van der Waals surface area contributed by atoms with E-state index < -0.39 is 5.60 Å². The van der Waals surface area contributed by atoms with E-state index in [4.69, 9.17) is 42.1 Å². The van der Waals surface area contributed by atoms with Gasteiger partial charge in [-0.3, -0.25) is 4.79 Å². The fourth-order valence-electron chi connectivity index (χ4n) is 6.61. The highest BCUT2D eigenvalue weighted by atomic mass is 35.5. The van der Waals surface area contributed by atoms with Crippen molar-refractivity contribution >= 4 is 45.5 Å². The number of halogens is 2. The molecule has 0 spiro atoms. The van der Waals surface area contributed by atoms with Crippen LogP contribution in [0.25, 0.3) is 10.9 Å². The SMILES string of the molecule is COCCOCCOCCOCCn1c(=O)c(N2CCN(c3ccccc3)CC2)cc2cc(C(O)(c3ccc(Cl)cc3)c3ccc(Cl)cc3)ccc21. The van der Waals surface area contributed by atoms with Gasteiger partial charge in [-0.2, -0.15) is 0 Å². The molecule has 2 heterocycles. The number of para-hydroxylation sites is 1. The van der Waals surface area contributed by atoms with Gasteiger partial charge < -0.3 is 38.4 Å². The Labute approximate surface area is 314 Å². The molecule has 0 radical (unpaired) electrons. The molecule has 1 N–H and O–H groups in total. The standard InChI is InChI=1S/C41H45Cl2N3O6/c1-49-23-24-51-27-28-52-26-25-50-22-21-46-38-16-11-34(41(48,32-7-12-35(42)13-8-32)33-9-14-36(43)15-10-33)29-31(38)30-39(40(46)47)45-19-17-44(18-20-45)37-5-3-2-4-6-37/h2-16,29-30,48H,17-28H2,1H3. The fourth-order valence-corrected chi connectivity index (χ4v) is 6.86. The third kappa shape index (κ3) is 8.98. The van der Waals surface area contributed by atoms with Crippen LogP contribution >= 0.6 is 23.2 Å². The van der Waals surface area contributed by atoms with Gasteiger partial charge in [-0.25, -0.2) is 0 Å². The Balaban J connectivity index is 1.29. The van der Waals surface area contributed by atoms with Crippen LogP contribution in [0.3, 0.4) is 0 Å². The normalized spacial score (nSPS) is 13.6. The Bertz CT molecular complexity index is 1890.